The van der Waals surface area contributed by atoms with Crippen LogP contribution in [-0.2, 0) is 7.05 Å². The molecule has 1 amide bonds. The van der Waals surface area contributed by atoms with Gasteiger partial charge in [0.2, 0.25) is 0 Å². The maximum Gasteiger partial charge on any atom is 0.256 e. The van der Waals surface area contributed by atoms with Crippen LogP contribution in [0.15, 0.2) is 54.6 Å². The fourth-order valence-electron chi connectivity index (χ4n) is 2.63. The van der Waals surface area contributed by atoms with E-state index in [2.05, 4.69) is 20.5 Å². The number of halogens is 1. The first-order valence-corrected chi connectivity index (χ1v) is 8.02. The molecule has 1 N–H and O–H groups in total. The maximum atomic E-state index is 13.7. The summed E-state index contributed by atoms with van der Waals surface area (Å²) in [4.78, 5) is 16.9. The second kappa shape index (κ2) is 6.60. The molecule has 0 fully saturated rings. The number of fused-ring (bicyclic) bond motifs is 1. The Morgan fingerprint density at radius 3 is 2.67 bits per heavy atom. The predicted octanol–water partition coefficient (Wildman–Crippen LogP) is 3.73. The maximum absolute atomic E-state index is 13.7. The van der Waals surface area contributed by atoms with Crippen molar-refractivity contribution in [3.8, 4) is 11.3 Å². The Labute approximate surface area is 160 Å². The summed E-state index contributed by atoms with van der Waals surface area (Å²) in [6, 6.07) is 3.76. The van der Waals surface area contributed by atoms with Crippen molar-refractivity contribution in [2.75, 3.05) is 5.32 Å². The molecule has 134 valence electrons. The fourth-order valence-corrected chi connectivity index (χ4v) is 2.63. The summed E-state index contributed by atoms with van der Waals surface area (Å²) in [6.07, 6.45) is 1.75. The molecule has 0 atom stereocenters. The summed E-state index contributed by atoms with van der Waals surface area (Å²) in [5.74, 6) is -1.34. The van der Waals surface area contributed by atoms with Crippen LogP contribution in [0.1, 0.15) is 21.7 Å². The van der Waals surface area contributed by atoms with Crippen molar-refractivity contribution in [3.63, 3.8) is 0 Å². The quantitative estimate of drug-likeness (QED) is 0.600. The van der Waals surface area contributed by atoms with Gasteiger partial charge in [-0.1, -0.05) is 6.07 Å². The Hall–Kier alpha value is -3.61. The molecule has 0 aliphatic carbocycles. The topological polar surface area (TPSA) is 72.7 Å². The lowest BCUT2D eigenvalue weighted by atomic mass is 10.1. The summed E-state index contributed by atoms with van der Waals surface area (Å²) in [6.45, 7) is 1.89. The van der Waals surface area contributed by atoms with E-state index < -0.39 is 41.5 Å². The lowest BCUT2D eigenvalue weighted by Gasteiger charge is -2.07. The highest BCUT2D eigenvalue weighted by Crippen LogP contribution is 2.24. The van der Waals surface area contributed by atoms with E-state index in [0.717, 1.165) is 17.1 Å². The van der Waals surface area contributed by atoms with Crippen LogP contribution in [-0.4, -0.2) is 25.7 Å². The summed E-state index contributed by atoms with van der Waals surface area (Å²) in [7, 11) is 1.90. The third kappa shape index (κ3) is 3.27. The van der Waals surface area contributed by atoms with E-state index in [0.29, 0.717) is 10.9 Å². The lowest BCUT2D eigenvalue weighted by Crippen LogP contribution is -2.13. The van der Waals surface area contributed by atoms with Crippen LogP contribution in [0, 0.1) is 12.7 Å². The van der Waals surface area contributed by atoms with Crippen LogP contribution in [0.2, 0.25) is 0 Å². The largest absolute Gasteiger partial charge is 0.331 e. The van der Waals surface area contributed by atoms with E-state index in [1.165, 1.54) is 0 Å². The van der Waals surface area contributed by atoms with E-state index in [-0.39, 0.29) is 5.82 Å². The van der Waals surface area contributed by atoms with E-state index >= 15 is 0 Å². The predicted molar refractivity (Wildman–Crippen MR) is 101 cm³/mol. The van der Waals surface area contributed by atoms with Gasteiger partial charge in [-0.05, 0) is 49.3 Å². The molecule has 0 saturated heterocycles. The number of carbonyl (C=O) groups excluding carboxylic acids is 1. The van der Waals surface area contributed by atoms with Gasteiger partial charge in [0.25, 0.3) is 5.91 Å². The van der Waals surface area contributed by atoms with Crippen molar-refractivity contribution in [3.05, 3.63) is 71.8 Å². The first-order valence-electron chi connectivity index (χ1n) is 10.0. The Bertz CT molecular complexity index is 1340. The Morgan fingerprint density at radius 1 is 1.19 bits per heavy atom. The number of benzene rings is 2. The van der Waals surface area contributed by atoms with E-state index in [9.17, 15) is 9.18 Å². The second-order valence-electron chi connectivity index (χ2n) is 5.90. The summed E-state index contributed by atoms with van der Waals surface area (Å²) in [5.41, 5.74) is 1.81. The van der Waals surface area contributed by atoms with Gasteiger partial charge in [-0.25, -0.2) is 9.37 Å². The van der Waals surface area contributed by atoms with Crippen LogP contribution >= 0.6 is 0 Å². The van der Waals surface area contributed by atoms with E-state index in [1.54, 1.807) is 18.3 Å². The Morgan fingerprint density at radius 2 is 1.96 bits per heavy atom. The highest BCUT2D eigenvalue weighted by molar-refractivity contribution is 6.04. The normalized spacial score (nSPS) is 13.0. The van der Waals surface area contributed by atoms with Gasteiger partial charge < -0.3 is 9.88 Å². The van der Waals surface area contributed by atoms with Gasteiger partial charge in [0.1, 0.15) is 11.6 Å². The Kier molecular flexibility index (Phi) is 3.10. The van der Waals surface area contributed by atoms with Crippen molar-refractivity contribution in [1.29, 1.82) is 0 Å². The monoisotopic (exact) mass is 365 g/mol. The minimum Gasteiger partial charge on any atom is -0.331 e. The van der Waals surface area contributed by atoms with Gasteiger partial charge in [-0.3, -0.25) is 4.79 Å². The molecule has 2 aromatic heterocycles. The van der Waals surface area contributed by atoms with Crippen LogP contribution in [0.25, 0.3) is 22.2 Å². The summed E-state index contributed by atoms with van der Waals surface area (Å²) < 4.78 is 46.4. The average Bonchev–Trinajstić information content (AvgIpc) is 3.09. The molecule has 0 aliphatic rings. The number of rotatable bonds is 3. The molecular formula is C20H16FN5O. The highest BCUT2D eigenvalue weighted by Gasteiger charge is 2.10. The number of aromatic nitrogens is 4. The molecule has 2 aromatic carbocycles. The molecule has 0 saturated carbocycles. The zero-order chi connectivity index (χ0) is 22.4. The Balaban J connectivity index is 1.71. The number of amides is 1. The molecule has 4 aromatic rings. The van der Waals surface area contributed by atoms with Gasteiger partial charge in [-0.15, -0.1) is 10.2 Å². The van der Waals surface area contributed by atoms with Crippen molar-refractivity contribution in [2.24, 2.45) is 7.05 Å². The van der Waals surface area contributed by atoms with Crippen molar-refractivity contribution < 1.29 is 14.7 Å². The van der Waals surface area contributed by atoms with Crippen LogP contribution < -0.4 is 5.32 Å². The van der Waals surface area contributed by atoms with Crippen LogP contribution in [0.4, 0.5) is 10.2 Å². The number of nitrogens with zero attached hydrogens (tertiary/aromatic N) is 4. The van der Waals surface area contributed by atoms with E-state index in [4.69, 9.17) is 5.48 Å². The first-order chi connectivity index (χ1) is 14.7. The zero-order valence-corrected chi connectivity index (χ0v) is 14.5. The van der Waals surface area contributed by atoms with E-state index in [1.807, 2.05) is 30.7 Å². The summed E-state index contributed by atoms with van der Waals surface area (Å²) >= 11 is 0. The molecule has 4 rings (SSSR count). The van der Waals surface area contributed by atoms with Gasteiger partial charge in [0, 0.05) is 23.6 Å². The molecule has 0 unspecified atom stereocenters. The molecule has 7 heteroatoms. The molecule has 27 heavy (non-hydrogen) atoms. The van der Waals surface area contributed by atoms with Gasteiger partial charge >= 0.3 is 0 Å². The first kappa shape index (κ1) is 12.7. The molecule has 0 aliphatic heterocycles. The minimum absolute atomic E-state index is 0.0528. The number of carbonyl (C=O) groups is 1. The standard InChI is InChI=1S/C20H16FN5O/c1-12-22-11-18(26(12)2)14-5-8-17-15(9-14)10-19(25-24-17)23-20(27)13-3-6-16(21)7-4-13/h3-11H,1-2H3,(H,23,25,27)/i3D,4D,6D,7D. The van der Waals surface area contributed by atoms with Gasteiger partial charge in [0.15, 0.2) is 5.82 Å². The minimum atomic E-state index is -1.31. The van der Waals surface area contributed by atoms with Crippen LogP contribution in [0.5, 0.6) is 0 Å². The van der Waals surface area contributed by atoms with Crippen molar-refractivity contribution in [1.82, 2.24) is 19.7 Å². The number of imidazole rings is 1. The molecular weight excluding hydrogens is 345 g/mol. The van der Waals surface area contributed by atoms with Crippen molar-refractivity contribution in [2.45, 2.75) is 6.92 Å². The summed E-state index contributed by atoms with van der Waals surface area (Å²) in [5, 5.41) is 11.1. The fraction of sp³-hybridized carbons (Fsp3) is 0.100. The second-order valence-corrected chi connectivity index (χ2v) is 5.90. The number of hydrogen-bond donors (Lipinski definition) is 1. The molecule has 0 radical (unpaired) electrons. The number of aryl methyl sites for hydroxylation is 1. The smallest absolute Gasteiger partial charge is 0.256 e. The zero-order valence-electron chi connectivity index (χ0n) is 18.5. The van der Waals surface area contributed by atoms with Crippen molar-refractivity contribution >= 4 is 22.6 Å². The number of anilines is 1. The molecule has 0 spiro atoms. The van der Waals surface area contributed by atoms with Gasteiger partial charge in [0.05, 0.1) is 22.9 Å². The van der Waals surface area contributed by atoms with Crippen LogP contribution in [0.3, 0.4) is 0 Å². The SMILES string of the molecule is [2H]c1c([2H])c(C(=O)Nc2cc3cc(-c4cnc(C)n4C)ccc3nn2)c([2H])c([2H])c1F. The number of nitrogens with one attached hydrogen (secondary N) is 1. The average molecular weight is 365 g/mol. The number of hydrogen-bond acceptors (Lipinski definition) is 4. The third-order valence-corrected chi connectivity index (χ3v) is 4.16. The highest BCUT2D eigenvalue weighted by atomic mass is 19.1. The molecule has 0 bridgehead atoms. The molecule has 6 nitrogen and oxygen atoms in total. The third-order valence-electron chi connectivity index (χ3n) is 4.16. The molecule has 2 heterocycles. The lowest BCUT2D eigenvalue weighted by molar-refractivity contribution is 0.102. The van der Waals surface area contributed by atoms with Gasteiger partial charge in [-0.2, -0.15) is 0 Å².